The van der Waals surface area contributed by atoms with E-state index in [1.807, 2.05) is 26.2 Å². The highest BCUT2D eigenvalue weighted by atomic mass is 32.2. The van der Waals surface area contributed by atoms with E-state index in [1.165, 1.54) is 11.3 Å². The fourth-order valence-corrected chi connectivity index (χ4v) is 4.02. The Labute approximate surface area is 135 Å². The smallest absolute Gasteiger partial charge is 0.241 e. The lowest BCUT2D eigenvalue weighted by atomic mass is 10.1. The van der Waals surface area contributed by atoms with E-state index in [4.69, 9.17) is 4.74 Å². The van der Waals surface area contributed by atoms with Gasteiger partial charge in [-0.2, -0.15) is 0 Å². The number of nitrogens with one attached hydrogen (secondary N) is 1. The molecule has 2 rings (SSSR count). The van der Waals surface area contributed by atoms with Gasteiger partial charge in [0.25, 0.3) is 0 Å². The Kier molecular flexibility index (Phi) is 5.20. The summed E-state index contributed by atoms with van der Waals surface area (Å²) in [7, 11) is -3.58. The minimum Gasteiger partial charge on any atom is -0.494 e. The maximum absolute atomic E-state index is 12.5. The largest absolute Gasteiger partial charge is 0.494 e. The third kappa shape index (κ3) is 3.85. The molecule has 0 aliphatic carbocycles. The van der Waals surface area contributed by atoms with Crippen LogP contribution in [0, 0.1) is 20.8 Å². The second-order valence-electron chi connectivity index (χ2n) is 5.00. The molecule has 5 nitrogen and oxygen atoms in total. The molecule has 0 amide bonds. The van der Waals surface area contributed by atoms with Gasteiger partial charge in [0.1, 0.15) is 5.75 Å². The lowest BCUT2D eigenvalue weighted by Gasteiger charge is -2.13. The van der Waals surface area contributed by atoms with Gasteiger partial charge in [0, 0.05) is 5.38 Å². The zero-order chi connectivity index (χ0) is 16.3. The van der Waals surface area contributed by atoms with Crippen LogP contribution in [-0.4, -0.2) is 20.0 Å². The summed E-state index contributed by atoms with van der Waals surface area (Å²) in [5, 5.41) is 2.77. The van der Waals surface area contributed by atoms with Crippen molar-refractivity contribution in [3.8, 4) is 5.75 Å². The summed E-state index contributed by atoms with van der Waals surface area (Å²) in [6.07, 6.45) is 0. The van der Waals surface area contributed by atoms with Crippen LogP contribution in [0.1, 0.15) is 28.8 Å². The van der Waals surface area contributed by atoms with Gasteiger partial charge in [-0.15, -0.1) is 11.3 Å². The van der Waals surface area contributed by atoms with Crippen molar-refractivity contribution in [3.05, 3.63) is 39.3 Å². The van der Waals surface area contributed by atoms with E-state index in [9.17, 15) is 8.42 Å². The van der Waals surface area contributed by atoms with E-state index in [2.05, 4.69) is 9.71 Å². The summed E-state index contributed by atoms with van der Waals surface area (Å²) < 4.78 is 33.0. The standard InChI is InChI=1S/C15H20N2O3S2/c1-5-20-14-6-11(3)15(7-10(14)2)22(18,19)16-8-13-9-21-12(4)17-13/h6-7,9,16H,5,8H2,1-4H3. The Balaban J connectivity index is 2.23. The first-order chi connectivity index (χ1) is 10.3. The quantitative estimate of drug-likeness (QED) is 0.878. The van der Waals surface area contributed by atoms with Crippen LogP contribution in [0.25, 0.3) is 0 Å². The van der Waals surface area contributed by atoms with E-state index < -0.39 is 10.0 Å². The molecule has 0 bridgehead atoms. The Morgan fingerprint density at radius 1 is 1.23 bits per heavy atom. The molecule has 120 valence electrons. The highest BCUT2D eigenvalue weighted by Gasteiger charge is 2.19. The van der Waals surface area contributed by atoms with Crippen molar-refractivity contribution in [3.63, 3.8) is 0 Å². The van der Waals surface area contributed by atoms with E-state index in [-0.39, 0.29) is 11.4 Å². The molecular weight excluding hydrogens is 320 g/mol. The van der Waals surface area contributed by atoms with Crippen molar-refractivity contribution < 1.29 is 13.2 Å². The first-order valence-electron chi connectivity index (χ1n) is 6.98. The van der Waals surface area contributed by atoms with Crippen LogP contribution in [0.4, 0.5) is 0 Å². The summed E-state index contributed by atoms with van der Waals surface area (Å²) in [6.45, 7) is 8.14. The zero-order valence-corrected chi connectivity index (χ0v) is 14.8. The van der Waals surface area contributed by atoms with Gasteiger partial charge < -0.3 is 4.74 Å². The van der Waals surface area contributed by atoms with E-state index in [0.29, 0.717) is 17.9 Å². The predicted octanol–water partition coefficient (Wildman–Crippen LogP) is 2.95. The predicted molar refractivity (Wildman–Crippen MR) is 88.0 cm³/mol. The van der Waals surface area contributed by atoms with Crippen LogP contribution in [-0.2, 0) is 16.6 Å². The van der Waals surface area contributed by atoms with Gasteiger partial charge in [-0.3, -0.25) is 0 Å². The molecule has 0 radical (unpaired) electrons. The number of hydrogen-bond acceptors (Lipinski definition) is 5. The first-order valence-corrected chi connectivity index (χ1v) is 9.34. The van der Waals surface area contributed by atoms with Crippen molar-refractivity contribution in [2.75, 3.05) is 6.61 Å². The van der Waals surface area contributed by atoms with Crippen LogP contribution in [0.5, 0.6) is 5.75 Å². The third-order valence-electron chi connectivity index (χ3n) is 3.17. The second kappa shape index (κ2) is 6.76. The number of ether oxygens (including phenoxy) is 1. The van der Waals surface area contributed by atoms with E-state index in [1.54, 1.807) is 19.1 Å². The first kappa shape index (κ1) is 16.9. The molecule has 0 saturated heterocycles. The number of thiazole rings is 1. The average molecular weight is 340 g/mol. The monoisotopic (exact) mass is 340 g/mol. The molecule has 1 aromatic carbocycles. The molecule has 0 atom stereocenters. The van der Waals surface area contributed by atoms with Crippen LogP contribution >= 0.6 is 11.3 Å². The molecule has 1 N–H and O–H groups in total. The normalized spacial score (nSPS) is 11.6. The Hall–Kier alpha value is -1.44. The summed E-state index contributed by atoms with van der Waals surface area (Å²) in [4.78, 5) is 4.54. The second-order valence-corrected chi connectivity index (χ2v) is 7.80. The molecule has 7 heteroatoms. The van der Waals surface area contributed by atoms with Crippen molar-refractivity contribution >= 4 is 21.4 Å². The van der Waals surface area contributed by atoms with E-state index >= 15 is 0 Å². The minimum absolute atomic E-state index is 0.193. The van der Waals surface area contributed by atoms with Crippen molar-refractivity contribution in [1.82, 2.24) is 9.71 Å². The maximum Gasteiger partial charge on any atom is 0.241 e. The van der Waals surface area contributed by atoms with Crippen LogP contribution in [0.3, 0.4) is 0 Å². The minimum atomic E-state index is -3.58. The van der Waals surface area contributed by atoms with Crippen LogP contribution in [0.15, 0.2) is 22.4 Å². The highest BCUT2D eigenvalue weighted by molar-refractivity contribution is 7.89. The summed E-state index contributed by atoms with van der Waals surface area (Å²) in [5.41, 5.74) is 2.19. The van der Waals surface area contributed by atoms with Gasteiger partial charge in [0.2, 0.25) is 10.0 Å². The molecule has 0 unspecified atom stereocenters. The van der Waals surface area contributed by atoms with Crippen molar-refractivity contribution in [1.29, 1.82) is 0 Å². The Morgan fingerprint density at radius 3 is 2.55 bits per heavy atom. The van der Waals surface area contributed by atoms with Gasteiger partial charge in [0.15, 0.2) is 0 Å². The molecule has 0 fully saturated rings. The number of sulfonamides is 1. The molecule has 0 aliphatic rings. The fraction of sp³-hybridized carbons (Fsp3) is 0.400. The van der Waals surface area contributed by atoms with Crippen LogP contribution < -0.4 is 9.46 Å². The molecule has 1 aromatic heterocycles. The van der Waals surface area contributed by atoms with Gasteiger partial charge >= 0.3 is 0 Å². The van der Waals surface area contributed by atoms with Gasteiger partial charge in [0.05, 0.1) is 28.7 Å². The Morgan fingerprint density at radius 2 is 1.95 bits per heavy atom. The lowest BCUT2D eigenvalue weighted by molar-refractivity contribution is 0.337. The van der Waals surface area contributed by atoms with Gasteiger partial charge in [-0.1, -0.05) is 0 Å². The molecule has 2 aromatic rings. The number of aryl methyl sites for hydroxylation is 3. The van der Waals surface area contributed by atoms with Gasteiger partial charge in [-0.05, 0) is 51.0 Å². The lowest BCUT2D eigenvalue weighted by Crippen LogP contribution is -2.24. The van der Waals surface area contributed by atoms with Crippen molar-refractivity contribution in [2.24, 2.45) is 0 Å². The number of rotatable bonds is 6. The zero-order valence-electron chi connectivity index (χ0n) is 13.1. The van der Waals surface area contributed by atoms with Crippen molar-refractivity contribution in [2.45, 2.75) is 39.1 Å². The number of hydrogen-bond donors (Lipinski definition) is 1. The third-order valence-corrected chi connectivity index (χ3v) is 5.54. The number of benzene rings is 1. The summed E-state index contributed by atoms with van der Waals surface area (Å²) >= 11 is 1.50. The number of nitrogens with zero attached hydrogens (tertiary/aromatic N) is 1. The molecule has 22 heavy (non-hydrogen) atoms. The maximum atomic E-state index is 12.5. The summed E-state index contributed by atoms with van der Waals surface area (Å²) in [6, 6.07) is 3.41. The Bertz CT molecular complexity index is 767. The molecule has 0 saturated carbocycles. The molecule has 0 aliphatic heterocycles. The highest BCUT2D eigenvalue weighted by Crippen LogP contribution is 2.26. The fourth-order valence-electron chi connectivity index (χ4n) is 2.10. The van der Waals surface area contributed by atoms with E-state index in [0.717, 1.165) is 16.3 Å². The topological polar surface area (TPSA) is 68.3 Å². The molecule has 0 spiro atoms. The molecular formula is C15H20N2O3S2. The molecule has 1 heterocycles. The van der Waals surface area contributed by atoms with Gasteiger partial charge in [-0.25, -0.2) is 18.1 Å². The summed E-state index contributed by atoms with van der Waals surface area (Å²) in [5.74, 6) is 0.717. The average Bonchev–Trinajstić information content (AvgIpc) is 2.86. The number of aromatic nitrogens is 1. The van der Waals surface area contributed by atoms with Crippen LogP contribution in [0.2, 0.25) is 0 Å². The SMILES string of the molecule is CCOc1cc(C)c(S(=O)(=O)NCc2csc(C)n2)cc1C.